The lowest BCUT2D eigenvalue weighted by molar-refractivity contribution is -0.128. The molecule has 1 aliphatic heterocycles. The second-order valence-electron chi connectivity index (χ2n) is 4.33. The van der Waals surface area contributed by atoms with E-state index < -0.39 is 0 Å². The minimum absolute atomic E-state index is 0.0286. The molecule has 0 radical (unpaired) electrons. The smallest absolute Gasteiger partial charge is 0.232 e. The van der Waals surface area contributed by atoms with Crippen LogP contribution >= 0.6 is 23.1 Å². The maximum atomic E-state index is 12.0. The number of thiazole rings is 1. The topological polar surface area (TPSA) is 62.3 Å². The highest BCUT2D eigenvalue weighted by Crippen LogP contribution is 2.15. The summed E-state index contributed by atoms with van der Waals surface area (Å²) in [6.45, 7) is 3.67. The predicted molar refractivity (Wildman–Crippen MR) is 77.2 cm³/mol. The van der Waals surface area contributed by atoms with Gasteiger partial charge in [0.25, 0.3) is 0 Å². The SMILES string of the molecule is Cc1nc(CSCC(=O)N2CCNC(=O)CC2)cs1. The summed E-state index contributed by atoms with van der Waals surface area (Å²) in [5.74, 6) is 1.35. The van der Waals surface area contributed by atoms with Gasteiger partial charge in [0, 0.05) is 37.2 Å². The van der Waals surface area contributed by atoms with Gasteiger partial charge in [-0.3, -0.25) is 9.59 Å². The van der Waals surface area contributed by atoms with E-state index in [2.05, 4.69) is 10.3 Å². The Morgan fingerprint density at radius 1 is 1.58 bits per heavy atom. The standard InChI is InChI=1S/C12H17N3O2S2/c1-9-14-10(7-19-9)6-18-8-12(17)15-4-2-11(16)13-3-5-15/h7H,2-6,8H2,1H3,(H,13,16). The quantitative estimate of drug-likeness (QED) is 0.902. The molecule has 0 bridgehead atoms. The molecular weight excluding hydrogens is 282 g/mol. The Kier molecular flexibility index (Phi) is 5.21. The molecule has 0 aromatic carbocycles. The molecule has 0 aliphatic carbocycles. The number of aryl methyl sites for hydroxylation is 1. The van der Waals surface area contributed by atoms with Gasteiger partial charge in [-0.15, -0.1) is 23.1 Å². The Morgan fingerprint density at radius 2 is 2.42 bits per heavy atom. The number of hydrogen-bond acceptors (Lipinski definition) is 5. The Bertz CT molecular complexity index is 462. The number of thioether (sulfide) groups is 1. The van der Waals surface area contributed by atoms with Crippen molar-refractivity contribution in [2.75, 3.05) is 25.4 Å². The van der Waals surface area contributed by atoms with E-state index in [0.29, 0.717) is 31.8 Å². The van der Waals surface area contributed by atoms with Gasteiger partial charge in [-0.05, 0) is 6.92 Å². The summed E-state index contributed by atoms with van der Waals surface area (Å²) >= 11 is 3.21. The molecule has 0 spiro atoms. The van der Waals surface area contributed by atoms with Crippen LogP contribution in [0.3, 0.4) is 0 Å². The first-order valence-corrected chi connectivity index (χ1v) is 8.22. The van der Waals surface area contributed by atoms with Crippen molar-refractivity contribution >= 4 is 34.9 Å². The molecule has 7 heteroatoms. The second kappa shape index (κ2) is 6.91. The molecule has 0 atom stereocenters. The van der Waals surface area contributed by atoms with E-state index in [1.165, 1.54) is 0 Å². The zero-order chi connectivity index (χ0) is 13.7. The molecule has 1 aromatic heterocycles. The highest BCUT2D eigenvalue weighted by molar-refractivity contribution is 7.99. The summed E-state index contributed by atoms with van der Waals surface area (Å²) in [4.78, 5) is 29.3. The number of hydrogen-bond donors (Lipinski definition) is 1. The van der Waals surface area contributed by atoms with Crippen LogP contribution in [0.1, 0.15) is 17.1 Å². The molecule has 2 amide bonds. The van der Waals surface area contributed by atoms with Crippen molar-refractivity contribution in [1.29, 1.82) is 0 Å². The number of nitrogens with one attached hydrogen (secondary N) is 1. The van der Waals surface area contributed by atoms with Crippen LogP contribution in [0.15, 0.2) is 5.38 Å². The predicted octanol–water partition coefficient (Wildman–Crippen LogP) is 1.03. The Labute approximate surface area is 120 Å². The molecular formula is C12H17N3O2S2. The number of rotatable bonds is 4. The first-order chi connectivity index (χ1) is 9.15. The molecule has 1 aliphatic rings. The average molecular weight is 299 g/mol. The molecule has 19 heavy (non-hydrogen) atoms. The van der Waals surface area contributed by atoms with Crippen molar-refractivity contribution in [2.24, 2.45) is 0 Å². The zero-order valence-electron chi connectivity index (χ0n) is 10.8. The number of carbonyl (C=O) groups is 2. The minimum Gasteiger partial charge on any atom is -0.354 e. The highest BCUT2D eigenvalue weighted by atomic mass is 32.2. The number of aromatic nitrogens is 1. The molecule has 5 nitrogen and oxygen atoms in total. The third kappa shape index (κ3) is 4.50. The molecule has 104 valence electrons. The monoisotopic (exact) mass is 299 g/mol. The Morgan fingerprint density at radius 3 is 3.16 bits per heavy atom. The van der Waals surface area contributed by atoms with E-state index in [1.54, 1.807) is 28.0 Å². The number of carbonyl (C=O) groups excluding carboxylic acids is 2. The second-order valence-corrected chi connectivity index (χ2v) is 6.38. The highest BCUT2D eigenvalue weighted by Gasteiger charge is 2.18. The largest absolute Gasteiger partial charge is 0.354 e. The fourth-order valence-corrected chi connectivity index (χ4v) is 3.36. The molecule has 0 saturated carbocycles. The van der Waals surface area contributed by atoms with E-state index in [9.17, 15) is 9.59 Å². The maximum Gasteiger partial charge on any atom is 0.232 e. The van der Waals surface area contributed by atoms with Gasteiger partial charge in [-0.2, -0.15) is 0 Å². The fraction of sp³-hybridized carbons (Fsp3) is 0.583. The van der Waals surface area contributed by atoms with Gasteiger partial charge in [-0.25, -0.2) is 4.98 Å². The normalized spacial score (nSPS) is 16.1. The fourth-order valence-electron chi connectivity index (χ4n) is 1.83. The molecule has 2 rings (SSSR count). The zero-order valence-corrected chi connectivity index (χ0v) is 12.5. The van der Waals surface area contributed by atoms with E-state index in [0.717, 1.165) is 16.5 Å². The van der Waals surface area contributed by atoms with Crippen LogP contribution in [0.5, 0.6) is 0 Å². The van der Waals surface area contributed by atoms with Crippen molar-refractivity contribution in [3.05, 3.63) is 16.1 Å². The molecule has 1 fully saturated rings. The van der Waals surface area contributed by atoms with Gasteiger partial charge >= 0.3 is 0 Å². The number of amides is 2. The Hall–Kier alpha value is -1.08. The summed E-state index contributed by atoms with van der Waals surface area (Å²) < 4.78 is 0. The molecule has 2 heterocycles. The van der Waals surface area contributed by atoms with Gasteiger partial charge < -0.3 is 10.2 Å². The van der Waals surface area contributed by atoms with Crippen molar-refractivity contribution in [1.82, 2.24) is 15.2 Å². The van der Waals surface area contributed by atoms with Gasteiger partial charge in [-0.1, -0.05) is 0 Å². The third-order valence-electron chi connectivity index (χ3n) is 2.81. The molecule has 0 unspecified atom stereocenters. The lowest BCUT2D eigenvalue weighted by Gasteiger charge is -2.19. The average Bonchev–Trinajstić information content (AvgIpc) is 2.66. The van der Waals surface area contributed by atoms with Crippen LogP contribution in [0, 0.1) is 6.92 Å². The van der Waals surface area contributed by atoms with Crippen LogP contribution in [-0.4, -0.2) is 47.1 Å². The van der Waals surface area contributed by atoms with Crippen LogP contribution in [-0.2, 0) is 15.3 Å². The summed E-state index contributed by atoms with van der Waals surface area (Å²) in [6, 6.07) is 0. The molecule has 1 aromatic rings. The maximum absolute atomic E-state index is 12.0. The van der Waals surface area contributed by atoms with Crippen LogP contribution in [0.2, 0.25) is 0 Å². The minimum atomic E-state index is 0.0286. The van der Waals surface area contributed by atoms with Crippen molar-refractivity contribution in [3.8, 4) is 0 Å². The molecule has 1 N–H and O–H groups in total. The van der Waals surface area contributed by atoms with Gasteiger partial charge in [0.15, 0.2) is 0 Å². The van der Waals surface area contributed by atoms with Crippen molar-refractivity contribution < 1.29 is 9.59 Å². The van der Waals surface area contributed by atoms with Gasteiger partial charge in [0.05, 0.1) is 16.5 Å². The lowest BCUT2D eigenvalue weighted by atomic mass is 10.4. The van der Waals surface area contributed by atoms with Crippen LogP contribution in [0.4, 0.5) is 0 Å². The summed E-state index contributed by atoms with van der Waals surface area (Å²) in [5.41, 5.74) is 1.04. The first-order valence-electron chi connectivity index (χ1n) is 6.18. The summed E-state index contributed by atoms with van der Waals surface area (Å²) in [6.07, 6.45) is 0.404. The number of nitrogens with zero attached hydrogens (tertiary/aromatic N) is 2. The third-order valence-corrected chi connectivity index (χ3v) is 4.58. The van der Waals surface area contributed by atoms with Gasteiger partial charge in [0.2, 0.25) is 11.8 Å². The van der Waals surface area contributed by atoms with Crippen LogP contribution in [0.25, 0.3) is 0 Å². The lowest BCUT2D eigenvalue weighted by Crippen LogP contribution is -2.35. The van der Waals surface area contributed by atoms with Crippen LogP contribution < -0.4 is 5.32 Å². The van der Waals surface area contributed by atoms with E-state index in [-0.39, 0.29) is 11.8 Å². The van der Waals surface area contributed by atoms with E-state index >= 15 is 0 Å². The van der Waals surface area contributed by atoms with Gasteiger partial charge in [0.1, 0.15) is 0 Å². The van der Waals surface area contributed by atoms with E-state index in [4.69, 9.17) is 0 Å². The Balaban J connectivity index is 1.73. The first kappa shape index (κ1) is 14.3. The molecule has 1 saturated heterocycles. The van der Waals surface area contributed by atoms with Crippen molar-refractivity contribution in [3.63, 3.8) is 0 Å². The summed E-state index contributed by atoms with van der Waals surface area (Å²) in [5, 5.41) is 5.85. The van der Waals surface area contributed by atoms with Crippen molar-refractivity contribution in [2.45, 2.75) is 19.1 Å². The summed E-state index contributed by atoms with van der Waals surface area (Å²) in [7, 11) is 0. The van der Waals surface area contributed by atoms with E-state index in [1.807, 2.05) is 12.3 Å².